The Bertz CT molecular complexity index is 878. The smallest absolute Gasteiger partial charge is 0.259 e. The van der Waals surface area contributed by atoms with Gasteiger partial charge in [0.25, 0.3) is 8.53 Å². The summed E-state index contributed by atoms with van der Waals surface area (Å²) in [6.45, 7) is 21.2. The summed E-state index contributed by atoms with van der Waals surface area (Å²) >= 11 is 1.28. The summed E-state index contributed by atoms with van der Waals surface area (Å²) in [7, 11) is -1.29. The van der Waals surface area contributed by atoms with Crippen LogP contribution in [0.3, 0.4) is 0 Å². The van der Waals surface area contributed by atoms with Crippen LogP contribution in [0.1, 0.15) is 97.4 Å². The van der Waals surface area contributed by atoms with Crippen LogP contribution in [-0.2, 0) is 23.3 Å². The molecule has 2 fully saturated rings. The molecule has 2 heterocycles. The summed E-state index contributed by atoms with van der Waals surface area (Å²) in [5.74, 6) is 0.847. The maximum absolute atomic E-state index is 12.9. The lowest BCUT2D eigenvalue weighted by Gasteiger charge is -2.39. The summed E-state index contributed by atoms with van der Waals surface area (Å²) in [4.78, 5) is 12.9. The summed E-state index contributed by atoms with van der Waals surface area (Å²) in [6, 6.07) is 8.13. The van der Waals surface area contributed by atoms with E-state index in [0.717, 1.165) is 18.4 Å². The number of nitrogens with zero attached hydrogens (tertiary/aromatic N) is 1. The fraction of sp³-hybridized carbons (Fsp3) is 0.767. The van der Waals surface area contributed by atoms with E-state index in [-0.39, 0.29) is 47.2 Å². The molecule has 0 saturated carbocycles. The second kappa shape index (κ2) is 15.1. The fourth-order valence-corrected chi connectivity index (χ4v) is 7.85. The molecule has 2 saturated heterocycles. The predicted molar refractivity (Wildman–Crippen MR) is 160 cm³/mol. The minimum Gasteiger partial charge on any atom is -0.372 e. The lowest BCUT2D eigenvalue weighted by atomic mass is 9.83. The van der Waals surface area contributed by atoms with Gasteiger partial charge in [0, 0.05) is 40.3 Å². The molecule has 0 N–H and O–H groups in total. The molecule has 1 aromatic rings. The molecule has 9 heteroatoms. The fourth-order valence-electron chi connectivity index (χ4n) is 5.20. The first-order valence-corrected chi connectivity index (χ1v) is 16.7. The van der Waals surface area contributed by atoms with Crippen molar-refractivity contribution in [1.29, 1.82) is 0 Å². The minimum atomic E-state index is -1.29. The highest BCUT2D eigenvalue weighted by molar-refractivity contribution is 8.14. The quantitative estimate of drug-likeness (QED) is 0.174. The highest BCUT2D eigenvalue weighted by Gasteiger charge is 2.42. The van der Waals surface area contributed by atoms with Gasteiger partial charge >= 0.3 is 0 Å². The summed E-state index contributed by atoms with van der Waals surface area (Å²) in [5.41, 5.74) is 1.72. The van der Waals surface area contributed by atoms with Crippen molar-refractivity contribution < 1.29 is 28.1 Å². The molecule has 1 aromatic carbocycles. The molecule has 39 heavy (non-hydrogen) atoms. The Kier molecular flexibility index (Phi) is 12.7. The number of benzene rings is 1. The second-order valence-corrected chi connectivity index (χ2v) is 14.0. The van der Waals surface area contributed by atoms with E-state index in [9.17, 15) is 4.79 Å². The maximum atomic E-state index is 12.9. The van der Waals surface area contributed by atoms with Gasteiger partial charge in [0.15, 0.2) is 6.29 Å². The van der Waals surface area contributed by atoms with E-state index in [1.165, 1.54) is 11.8 Å². The van der Waals surface area contributed by atoms with Crippen molar-refractivity contribution in [2.24, 2.45) is 11.3 Å². The number of hydrogen-bond donors (Lipinski definition) is 0. The zero-order valence-corrected chi connectivity index (χ0v) is 27.1. The highest BCUT2D eigenvalue weighted by atomic mass is 32.2. The summed E-state index contributed by atoms with van der Waals surface area (Å²) < 4.78 is 33.3. The average Bonchev–Trinajstić information content (AvgIpc) is 3.16. The van der Waals surface area contributed by atoms with Crippen molar-refractivity contribution in [3.05, 3.63) is 35.4 Å². The van der Waals surface area contributed by atoms with Gasteiger partial charge in [0.05, 0.1) is 38.1 Å². The number of hydrogen-bond acceptors (Lipinski definition) is 8. The van der Waals surface area contributed by atoms with Gasteiger partial charge in [0.1, 0.15) is 0 Å². The monoisotopic (exact) mass is 583 g/mol. The van der Waals surface area contributed by atoms with Crippen molar-refractivity contribution in [1.82, 2.24) is 4.67 Å². The average molecular weight is 584 g/mol. The molecule has 0 aromatic heterocycles. The van der Waals surface area contributed by atoms with Crippen LogP contribution < -0.4 is 0 Å². The number of carbonyl (C=O) groups excluding carboxylic acids is 1. The third kappa shape index (κ3) is 8.48. The topological polar surface area (TPSA) is 66.5 Å². The molecular weight excluding hydrogens is 533 g/mol. The molecular formula is C30H50NO6PS. The zero-order valence-electron chi connectivity index (χ0n) is 25.3. The van der Waals surface area contributed by atoms with Crippen molar-refractivity contribution in [3.8, 4) is 0 Å². The van der Waals surface area contributed by atoms with Crippen molar-refractivity contribution in [2.45, 2.75) is 112 Å². The Morgan fingerprint density at radius 2 is 1.62 bits per heavy atom. The maximum Gasteiger partial charge on any atom is 0.259 e. The Morgan fingerprint density at radius 3 is 2.10 bits per heavy atom. The molecule has 0 amide bonds. The zero-order chi connectivity index (χ0) is 28.7. The third-order valence-corrected chi connectivity index (χ3v) is 11.1. The Hall–Kier alpha value is -0.570. The number of rotatable bonds is 13. The first-order chi connectivity index (χ1) is 18.5. The lowest BCUT2D eigenvalue weighted by Crippen LogP contribution is -2.37. The van der Waals surface area contributed by atoms with E-state index in [1.807, 2.05) is 24.3 Å². The Morgan fingerprint density at radius 1 is 1.03 bits per heavy atom. The highest BCUT2D eigenvalue weighted by Crippen LogP contribution is 2.50. The standard InChI is InChI=1S/C30H50NO6PS/c1-10-30(11-2)18-33-29(34-19-30)26-14-12-25(13-15-26)28(32)39-17-16-35-38(31(20(3)4)21(5)6)37-27-22(7)23(8)36-24(27)9/h12-15,20-24,27,29H,10-11,16-19H2,1-9H3. The molecule has 3 rings (SSSR count). The van der Waals surface area contributed by atoms with Crippen molar-refractivity contribution in [2.75, 3.05) is 25.6 Å². The van der Waals surface area contributed by atoms with Gasteiger partial charge in [-0.25, -0.2) is 4.67 Å². The van der Waals surface area contributed by atoms with Crippen LogP contribution in [0.15, 0.2) is 24.3 Å². The first kappa shape index (κ1) is 32.9. The number of thioether (sulfide) groups is 1. The largest absolute Gasteiger partial charge is 0.372 e. The van der Waals surface area contributed by atoms with E-state index < -0.39 is 8.53 Å². The van der Waals surface area contributed by atoms with Crippen LogP contribution >= 0.6 is 20.3 Å². The van der Waals surface area contributed by atoms with E-state index in [2.05, 4.69) is 67.0 Å². The minimum absolute atomic E-state index is 0.0172. The van der Waals surface area contributed by atoms with Crippen molar-refractivity contribution >= 4 is 25.4 Å². The van der Waals surface area contributed by atoms with Gasteiger partial charge in [-0.15, -0.1) is 0 Å². The molecule has 7 nitrogen and oxygen atoms in total. The molecule has 5 unspecified atom stereocenters. The van der Waals surface area contributed by atoms with Crippen molar-refractivity contribution in [3.63, 3.8) is 0 Å². The third-order valence-electron chi connectivity index (χ3n) is 8.13. The van der Waals surface area contributed by atoms with Gasteiger partial charge in [-0.2, -0.15) is 0 Å². The first-order valence-electron chi connectivity index (χ1n) is 14.6. The van der Waals surface area contributed by atoms with Crippen LogP contribution in [-0.4, -0.2) is 65.8 Å². The SMILES string of the molecule is CCC1(CC)COC(c2ccc(C(=O)SCCOP(OC3C(C)OC(C)C3C)N(C(C)C)C(C)C)cc2)OC1. The van der Waals surface area contributed by atoms with Gasteiger partial charge < -0.3 is 23.3 Å². The molecule has 0 bridgehead atoms. The van der Waals surface area contributed by atoms with Crippen LogP contribution in [0.4, 0.5) is 0 Å². The van der Waals surface area contributed by atoms with Crippen LogP contribution in [0.5, 0.6) is 0 Å². The van der Waals surface area contributed by atoms with E-state index in [0.29, 0.717) is 37.1 Å². The van der Waals surface area contributed by atoms with Crippen LogP contribution in [0.2, 0.25) is 0 Å². The molecule has 0 spiro atoms. The van der Waals surface area contributed by atoms with Crippen LogP contribution in [0.25, 0.3) is 0 Å². The Balaban J connectivity index is 1.52. The van der Waals surface area contributed by atoms with E-state index in [4.69, 9.17) is 23.3 Å². The Labute approximate surface area is 242 Å². The molecule has 0 radical (unpaired) electrons. The summed E-state index contributed by atoms with van der Waals surface area (Å²) in [5, 5.41) is 0.0293. The second-order valence-electron chi connectivity index (χ2n) is 11.5. The molecule has 5 atom stereocenters. The van der Waals surface area contributed by atoms with E-state index in [1.54, 1.807) is 0 Å². The molecule has 2 aliphatic rings. The van der Waals surface area contributed by atoms with Gasteiger partial charge in [-0.1, -0.05) is 56.8 Å². The van der Waals surface area contributed by atoms with Gasteiger partial charge in [-0.05, 0) is 54.4 Å². The van der Waals surface area contributed by atoms with Gasteiger partial charge in [-0.3, -0.25) is 4.79 Å². The van der Waals surface area contributed by atoms with E-state index >= 15 is 0 Å². The molecule has 0 aliphatic carbocycles. The number of carbonyl (C=O) groups is 1. The normalized spacial score (nSPS) is 26.6. The van der Waals surface area contributed by atoms with Gasteiger partial charge in [0.2, 0.25) is 5.12 Å². The number of ether oxygens (including phenoxy) is 3. The lowest BCUT2D eigenvalue weighted by molar-refractivity contribution is -0.235. The molecule has 222 valence electrons. The molecule has 2 aliphatic heterocycles. The summed E-state index contributed by atoms with van der Waals surface area (Å²) in [6.07, 6.45) is 1.87. The van der Waals surface area contributed by atoms with Crippen LogP contribution in [0, 0.1) is 11.3 Å². The predicted octanol–water partition coefficient (Wildman–Crippen LogP) is 7.60.